The number of ether oxygens (including phenoxy) is 1. The highest BCUT2D eigenvalue weighted by Crippen LogP contribution is 2.19. The van der Waals surface area contributed by atoms with Gasteiger partial charge < -0.3 is 10.1 Å². The van der Waals surface area contributed by atoms with E-state index in [4.69, 9.17) is 4.74 Å². The van der Waals surface area contributed by atoms with Gasteiger partial charge in [-0.3, -0.25) is 4.79 Å². The van der Waals surface area contributed by atoms with Crippen LogP contribution in [-0.2, 0) is 17.8 Å². The van der Waals surface area contributed by atoms with Crippen molar-refractivity contribution in [1.82, 2.24) is 10.3 Å². The quantitative estimate of drug-likeness (QED) is 0.643. The molecule has 4 nitrogen and oxygen atoms in total. The van der Waals surface area contributed by atoms with Crippen LogP contribution in [0.5, 0.6) is 5.75 Å². The van der Waals surface area contributed by atoms with Gasteiger partial charge >= 0.3 is 0 Å². The lowest BCUT2D eigenvalue weighted by Gasteiger charge is -2.13. The van der Waals surface area contributed by atoms with E-state index < -0.39 is 0 Å². The second-order valence-corrected chi connectivity index (χ2v) is 7.59. The van der Waals surface area contributed by atoms with Gasteiger partial charge in [0.05, 0.1) is 18.2 Å². The molecule has 140 valence electrons. The lowest BCUT2D eigenvalue weighted by Crippen LogP contribution is -2.28. The van der Waals surface area contributed by atoms with Crippen LogP contribution in [0.2, 0.25) is 0 Å². The lowest BCUT2D eigenvalue weighted by atomic mass is 10.1. The highest BCUT2D eigenvalue weighted by atomic mass is 32.1. The predicted molar refractivity (Wildman–Crippen MR) is 109 cm³/mol. The summed E-state index contributed by atoms with van der Waals surface area (Å²) in [7, 11) is 0. The molecule has 0 spiro atoms. The number of rotatable bonds is 7. The molecule has 1 amide bonds. The van der Waals surface area contributed by atoms with Crippen molar-refractivity contribution >= 4 is 17.2 Å². The first-order valence-electron chi connectivity index (χ1n) is 8.99. The average Bonchev–Trinajstić information content (AvgIpc) is 3.10. The van der Waals surface area contributed by atoms with E-state index in [1.165, 1.54) is 22.5 Å². The molecule has 3 rings (SSSR count). The number of carbonyl (C=O) groups is 1. The SMILES string of the molecule is Cc1ccc(OCc2nc(CC(=O)NC(C)c3ccccc3)cs2)cc1C. The lowest BCUT2D eigenvalue weighted by molar-refractivity contribution is -0.121. The van der Waals surface area contributed by atoms with E-state index in [2.05, 4.69) is 30.2 Å². The van der Waals surface area contributed by atoms with Gasteiger partial charge in [0.15, 0.2) is 0 Å². The first kappa shape index (κ1) is 19.1. The van der Waals surface area contributed by atoms with Crippen LogP contribution < -0.4 is 10.1 Å². The Labute approximate surface area is 164 Å². The first-order valence-corrected chi connectivity index (χ1v) is 9.87. The Bertz CT molecular complexity index is 906. The number of thiazole rings is 1. The minimum Gasteiger partial charge on any atom is -0.486 e. The van der Waals surface area contributed by atoms with Crippen LogP contribution in [-0.4, -0.2) is 10.9 Å². The van der Waals surface area contributed by atoms with Gasteiger partial charge in [-0.25, -0.2) is 4.98 Å². The molecule has 3 aromatic rings. The van der Waals surface area contributed by atoms with E-state index in [0.29, 0.717) is 6.61 Å². The molecule has 0 aliphatic carbocycles. The molecule has 1 aromatic heterocycles. The standard InChI is InChI=1S/C22H24N2O2S/c1-15-9-10-20(11-16(15)2)26-13-22-24-19(14-27-22)12-21(25)23-17(3)18-7-5-4-6-8-18/h4-11,14,17H,12-13H2,1-3H3,(H,23,25). The van der Waals surface area contributed by atoms with Gasteiger partial charge in [0.1, 0.15) is 17.4 Å². The molecule has 0 radical (unpaired) electrons. The molecule has 0 fully saturated rings. The fourth-order valence-corrected chi connectivity index (χ4v) is 3.43. The number of amides is 1. The molecule has 0 saturated carbocycles. The second-order valence-electron chi connectivity index (χ2n) is 6.64. The number of aryl methyl sites for hydroxylation is 2. The van der Waals surface area contributed by atoms with Crippen LogP contribution in [0.15, 0.2) is 53.9 Å². The van der Waals surface area contributed by atoms with Crippen molar-refractivity contribution in [3.05, 3.63) is 81.3 Å². The van der Waals surface area contributed by atoms with Crippen molar-refractivity contribution in [3.63, 3.8) is 0 Å². The van der Waals surface area contributed by atoms with Gasteiger partial charge in [-0.05, 0) is 49.6 Å². The van der Waals surface area contributed by atoms with Crippen molar-refractivity contribution in [2.75, 3.05) is 0 Å². The minimum atomic E-state index is -0.0294. The number of nitrogens with zero attached hydrogens (tertiary/aromatic N) is 1. The molecule has 2 aromatic carbocycles. The Balaban J connectivity index is 1.51. The van der Waals surface area contributed by atoms with Crippen molar-refractivity contribution in [1.29, 1.82) is 0 Å². The molecule has 5 heteroatoms. The van der Waals surface area contributed by atoms with Crippen LogP contribution in [0.4, 0.5) is 0 Å². The zero-order valence-corrected chi connectivity index (χ0v) is 16.7. The predicted octanol–water partition coefficient (Wildman–Crippen LogP) is 4.76. The van der Waals surface area contributed by atoms with E-state index in [0.717, 1.165) is 22.0 Å². The third-order valence-corrected chi connectivity index (χ3v) is 5.33. The Morgan fingerprint density at radius 2 is 1.93 bits per heavy atom. The Morgan fingerprint density at radius 3 is 2.67 bits per heavy atom. The van der Waals surface area contributed by atoms with Crippen LogP contribution in [0.25, 0.3) is 0 Å². The highest BCUT2D eigenvalue weighted by molar-refractivity contribution is 7.09. The summed E-state index contributed by atoms with van der Waals surface area (Å²) < 4.78 is 5.82. The first-order chi connectivity index (χ1) is 13.0. The Kier molecular flexibility index (Phi) is 6.24. The van der Waals surface area contributed by atoms with Crippen LogP contribution in [0.1, 0.15) is 40.4 Å². The van der Waals surface area contributed by atoms with E-state index in [-0.39, 0.29) is 18.4 Å². The summed E-state index contributed by atoms with van der Waals surface area (Å²) >= 11 is 1.52. The van der Waals surface area contributed by atoms with E-state index in [1.54, 1.807) is 0 Å². The summed E-state index contributed by atoms with van der Waals surface area (Å²) in [6.45, 7) is 6.54. The summed E-state index contributed by atoms with van der Waals surface area (Å²) in [5.74, 6) is 0.808. The van der Waals surface area contributed by atoms with Crippen molar-refractivity contribution in [3.8, 4) is 5.75 Å². The largest absolute Gasteiger partial charge is 0.486 e. The van der Waals surface area contributed by atoms with Crippen LogP contribution in [0, 0.1) is 13.8 Å². The Morgan fingerprint density at radius 1 is 1.15 bits per heavy atom. The summed E-state index contributed by atoms with van der Waals surface area (Å²) in [5, 5.41) is 5.81. The maximum Gasteiger partial charge on any atom is 0.226 e. The summed E-state index contributed by atoms with van der Waals surface area (Å²) in [6.07, 6.45) is 0.275. The molecule has 27 heavy (non-hydrogen) atoms. The summed E-state index contributed by atoms with van der Waals surface area (Å²) in [4.78, 5) is 16.8. The van der Waals surface area contributed by atoms with Gasteiger partial charge in [0, 0.05) is 5.38 Å². The average molecular weight is 381 g/mol. The molecule has 0 bridgehead atoms. The van der Waals surface area contributed by atoms with Crippen molar-refractivity contribution in [2.45, 2.75) is 39.8 Å². The molecule has 1 atom stereocenters. The van der Waals surface area contributed by atoms with Crippen LogP contribution >= 0.6 is 11.3 Å². The summed E-state index contributed by atoms with van der Waals surface area (Å²) in [5.41, 5.74) is 4.31. The molecule has 0 aliphatic rings. The molecule has 1 unspecified atom stereocenters. The number of nitrogens with one attached hydrogen (secondary N) is 1. The third kappa shape index (κ3) is 5.41. The fraction of sp³-hybridized carbons (Fsp3) is 0.273. The topological polar surface area (TPSA) is 51.2 Å². The number of benzene rings is 2. The number of hydrogen-bond acceptors (Lipinski definition) is 4. The second kappa shape index (κ2) is 8.82. The summed E-state index contributed by atoms with van der Waals surface area (Å²) in [6, 6.07) is 16.0. The zero-order chi connectivity index (χ0) is 19.2. The maximum atomic E-state index is 12.3. The monoisotopic (exact) mass is 380 g/mol. The molecule has 0 saturated heterocycles. The Hall–Kier alpha value is -2.66. The van der Waals surface area contributed by atoms with Gasteiger partial charge in [0.2, 0.25) is 5.91 Å². The molecule has 1 N–H and O–H groups in total. The molecular weight excluding hydrogens is 356 g/mol. The van der Waals surface area contributed by atoms with E-state index in [9.17, 15) is 4.79 Å². The smallest absolute Gasteiger partial charge is 0.226 e. The third-order valence-electron chi connectivity index (χ3n) is 4.46. The number of carbonyl (C=O) groups excluding carboxylic acids is 1. The number of aromatic nitrogens is 1. The van der Waals surface area contributed by atoms with Gasteiger partial charge in [-0.2, -0.15) is 0 Å². The van der Waals surface area contributed by atoms with Crippen molar-refractivity contribution in [2.24, 2.45) is 0 Å². The van der Waals surface area contributed by atoms with E-state index >= 15 is 0 Å². The minimum absolute atomic E-state index is 0.0232. The van der Waals surface area contributed by atoms with Gasteiger partial charge in [-0.1, -0.05) is 36.4 Å². The molecule has 1 heterocycles. The van der Waals surface area contributed by atoms with Gasteiger partial charge in [0.25, 0.3) is 0 Å². The molecule has 0 aliphatic heterocycles. The fourth-order valence-electron chi connectivity index (χ4n) is 2.73. The van der Waals surface area contributed by atoms with E-state index in [1.807, 2.05) is 54.8 Å². The van der Waals surface area contributed by atoms with Gasteiger partial charge in [-0.15, -0.1) is 11.3 Å². The molecular formula is C22H24N2O2S. The normalized spacial score (nSPS) is 11.8. The van der Waals surface area contributed by atoms with Crippen LogP contribution in [0.3, 0.4) is 0 Å². The van der Waals surface area contributed by atoms with Crippen molar-refractivity contribution < 1.29 is 9.53 Å². The number of hydrogen-bond donors (Lipinski definition) is 1. The highest BCUT2D eigenvalue weighted by Gasteiger charge is 2.12. The zero-order valence-electron chi connectivity index (χ0n) is 15.9. The maximum absolute atomic E-state index is 12.3.